The minimum atomic E-state index is -0.115. The highest BCUT2D eigenvalue weighted by Gasteiger charge is 2.24. The summed E-state index contributed by atoms with van der Waals surface area (Å²) < 4.78 is 7.66. The zero-order chi connectivity index (χ0) is 16.8. The van der Waals surface area contributed by atoms with E-state index in [1.165, 1.54) is 5.56 Å². The summed E-state index contributed by atoms with van der Waals surface area (Å²) in [6, 6.07) is 12.2. The molecular weight excluding hydrogens is 304 g/mol. The van der Waals surface area contributed by atoms with Crippen LogP contribution in [0.2, 0.25) is 0 Å². The molecule has 0 bridgehead atoms. The molecule has 1 fully saturated rings. The third-order valence-electron chi connectivity index (χ3n) is 4.38. The number of benzene rings is 1. The minimum absolute atomic E-state index is 0.0553. The lowest BCUT2D eigenvalue weighted by molar-refractivity contribution is 0.00227. The number of hydrogen-bond donors (Lipinski definition) is 2. The van der Waals surface area contributed by atoms with Gasteiger partial charge in [-0.3, -0.25) is 4.68 Å². The van der Waals surface area contributed by atoms with Crippen molar-refractivity contribution in [2.45, 2.75) is 31.4 Å². The number of rotatable bonds is 5. The number of urea groups is 1. The fourth-order valence-electron chi connectivity index (χ4n) is 3.02. The monoisotopic (exact) mass is 328 g/mol. The number of aromatic nitrogens is 2. The average Bonchev–Trinajstić information content (AvgIpc) is 3.01. The van der Waals surface area contributed by atoms with Crippen LogP contribution in [0.15, 0.2) is 42.6 Å². The van der Waals surface area contributed by atoms with Gasteiger partial charge in [-0.2, -0.15) is 5.10 Å². The van der Waals surface area contributed by atoms with Crippen molar-refractivity contribution in [1.82, 2.24) is 20.4 Å². The van der Waals surface area contributed by atoms with Crippen LogP contribution < -0.4 is 10.6 Å². The van der Waals surface area contributed by atoms with E-state index in [-0.39, 0.29) is 18.2 Å². The number of carbonyl (C=O) groups is 1. The van der Waals surface area contributed by atoms with Crippen LogP contribution in [0.3, 0.4) is 0 Å². The van der Waals surface area contributed by atoms with Gasteiger partial charge in [0, 0.05) is 44.6 Å². The van der Waals surface area contributed by atoms with Gasteiger partial charge in [0.25, 0.3) is 0 Å². The highest BCUT2D eigenvalue weighted by molar-refractivity contribution is 5.74. The Labute approximate surface area is 142 Å². The maximum atomic E-state index is 12.1. The van der Waals surface area contributed by atoms with E-state index in [9.17, 15) is 4.79 Å². The van der Waals surface area contributed by atoms with E-state index in [2.05, 4.69) is 27.9 Å². The first-order valence-corrected chi connectivity index (χ1v) is 8.40. The Morgan fingerprint density at radius 1 is 1.33 bits per heavy atom. The number of carbonyl (C=O) groups excluding carboxylic acids is 1. The van der Waals surface area contributed by atoms with E-state index < -0.39 is 0 Å². The zero-order valence-corrected chi connectivity index (χ0v) is 13.9. The van der Waals surface area contributed by atoms with Crippen LogP contribution >= 0.6 is 0 Å². The van der Waals surface area contributed by atoms with Gasteiger partial charge in [-0.1, -0.05) is 30.3 Å². The first-order chi connectivity index (χ1) is 11.7. The summed E-state index contributed by atoms with van der Waals surface area (Å²) in [5.41, 5.74) is 2.27. The number of aryl methyl sites for hydroxylation is 1. The lowest BCUT2D eigenvalue weighted by Gasteiger charge is -2.30. The lowest BCUT2D eigenvalue weighted by Crippen LogP contribution is -2.45. The predicted octanol–water partition coefficient (Wildman–Crippen LogP) is 2.18. The molecule has 6 heteroatoms. The van der Waals surface area contributed by atoms with Gasteiger partial charge in [0.05, 0.1) is 6.10 Å². The predicted molar refractivity (Wildman–Crippen MR) is 91.6 cm³/mol. The fraction of sp³-hybridized carbons (Fsp3) is 0.444. The van der Waals surface area contributed by atoms with Gasteiger partial charge < -0.3 is 15.4 Å². The average molecular weight is 328 g/mol. The molecular formula is C18H24N4O2. The van der Waals surface area contributed by atoms with E-state index >= 15 is 0 Å². The molecule has 3 rings (SSSR count). The van der Waals surface area contributed by atoms with Crippen molar-refractivity contribution in [1.29, 1.82) is 0 Å². The van der Waals surface area contributed by atoms with Crippen LogP contribution in [0.25, 0.3) is 0 Å². The third-order valence-corrected chi connectivity index (χ3v) is 4.38. The fourth-order valence-corrected chi connectivity index (χ4v) is 3.02. The van der Waals surface area contributed by atoms with Crippen LogP contribution in [0, 0.1) is 0 Å². The number of amides is 2. The molecule has 2 aromatic rings. The van der Waals surface area contributed by atoms with Crippen molar-refractivity contribution in [3.63, 3.8) is 0 Å². The molecule has 2 N–H and O–H groups in total. The maximum Gasteiger partial charge on any atom is 0.315 e. The molecule has 0 radical (unpaired) electrons. The maximum absolute atomic E-state index is 12.1. The summed E-state index contributed by atoms with van der Waals surface area (Å²) in [5, 5.41) is 10.1. The molecule has 1 aromatic carbocycles. The van der Waals surface area contributed by atoms with E-state index in [0.29, 0.717) is 13.2 Å². The Morgan fingerprint density at radius 3 is 2.92 bits per heavy atom. The van der Waals surface area contributed by atoms with Crippen LogP contribution in [-0.4, -0.2) is 35.0 Å². The Hall–Kier alpha value is -2.34. The molecule has 2 amide bonds. The third kappa shape index (κ3) is 4.35. The van der Waals surface area contributed by atoms with Gasteiger partial charge in [0.1, 0.15) is 0 Å². The Morgan fingerprint density at radius 2 is 2.17 bits per heavy atom. The Bertz CT molecular complexity index is 656. The molecule has 24 heavy (non-hydrogen) atoms. The van der Waals surface area contributed by atoms with E-state index in [0.717, 1.165) is 25.0 Å². The second-order valence-corrected chi connectivity index (χ2v) is 6.09. The molecule has 0 saturated carbocycles. The van der Waals surface area contributed by atoms with E-state index in [1.807, 2.05) is 36.0 Å². The summed E-state index contributed by atoms with van der Waals surface area (Å²) in [6.07, 6.45) is 4.24. The Balaban J connectivity index is 1.43. The van der Waals surface area contributed by atoms with Crippen LogP contribution in [-0.2, 0) is 18.2 Å². The first kappa shape index (κ1) is 16.5. The molecule has 2 heterocycles. The van der Waals surface area contributed by atoms with Crippen LogP contribution in [0.5, 0.6) is 0 Å². The lowest BCUT2D eigenvalue weighted by atomic mass is 9.97. The summed E-state index contributed by atoms with van der Waals surface area (Å²) in [5.74, 6) is 0. The topological polar surface area (TPSA) is 68.2 Å². The van der Waals surface area contributed by atoms with Crippen molar-refractivity contribution in [2.24, 2.45) is 7.05 Å². The van der Waals surface area contributed by atoms with Gasteiger partial charge in [-0.15, -0.1) is 0 Å². The molecule has 128 valence electrons. The van der Waals surface area contributed by atoms with E-state index in [4.69, 9.17) is 4.74 Å². The van der Waals surface area contributed by atoms with Crippen LogP contribution in [0.4, 0.5) is 4.79 Å². The highest BCUT2D eigenvalue weighted by Crippen LogP contribution is 2.27. The highest BCUT2D eigenvalue weighted by atomic mass is 16.5. The van der Waals surface area contributed by atoms with E-state index in [1.54, 1.807) is 6.20 Å². The van der Waals surface area contributed by atoms with Gasteiger partial charge in [-0.25, -0.2) is 4.79 Å². The number of hydrogen-bond acceptors (Lipinski definition) is 3. The number of nitrogens with one attached hydrogen (secondary N) is 2. The van der Waals surface area contributed by atoms with Gasteiger partial charge >= 0.3 is 6.03 Å². The smallest absolute Gasteiger partial charge is 0.315 e. The van der Waals surface area contributed by atoms with Gasteiger partial charge in [0.15, 0.2) is 0 Å². The molecule has 1 saturated heterocycles. The largest absolute Gasteiger partial charge is 0.373 e. The number of ether oxygens (including phenoxy) is 1. The second-order valence-electron chi connectivity index (χ2n) is 6.09. The first-order valence-electron chi connectivity index (χ1n) is 8.40. The second kappa shape index (κ2) is 7.97. The molecule has 1 aliphatic rings. The molecule has 6 nitrogen and oxygen atoms in total. The SMILES string of the molecule is Cn1nccc1CCNC(=O)N[C@@H]1CCO[C@@H](c2ccccc2)C1. The molecule has 0 spiro atoms. The van der Waals surface area contributed by atoms with Crippen molar-refractivity contribution in [3.8, 4) is 0 Å². The van der Waals surface area contributed by atoms with Gasteiger partial charge in [0.2, 0.25) is 0 Å². The van der Waals surface area contributed by atoms with Crippen molar-refractivity contribution in [2.75, 3.05) is 13.2 Å². The standard InChI is InChI=1S/C18H24N4O2/c1-22-16(8-11-20-22)7-10-19-18(23)21-15-9-12-24-17(13-15)14-5-3-2-4-6-14/h2-6,8,11,15,17H,7,9-10,12-13H2,1H3,(H2,19,21,23)/t15-,17-/m1/s1. The molecule has 0 aliphatic carbocycles. The summed E-state index contributed by atoms with van der Waals surface area (Å²) >= 11 is 0. The minimum Gasteiger partial charge on any atom is -0.373 e. The molecule has 2 atom stereocenters. The van der Waals surface area contributed by atoms with Crippen LogP contribution in [0.1, 0.15) is 30.2 Å². The molecule has 1 aliphatic heterocycles. The van der Waals surface area contributed by atoms with Crippen molar-refractivity contribution < 1.29 is 9.53 Å². The quantitative estimate of drug-likeness (QED) is 0.884. The summed E-state index contributed by atoms with van der Waals surface area (Å²) in [4.78, 5) is 12.1. The zero-order valence-electron chi connectivity index (χ0n) is 13.9. The summed E-state index contributed by atoms with van der Waals surface area (Å²) in [7, 11) is 1.90. The normalized spacial score (nSPS) is 20.5. The Kier molecular flexibility index (Phi) is 5.48. The molecule has 0 unspecified atom stereocenters. The summed E-state index contributed by atoms with van der Waals surface area (Å²) in [6.45, 7) is 1.26. The number of nitrogens with zero attached hydrogens (tertiary/aromatic N) is 2. The van der Waals surface area contributed by atoms with Crippen molar-refractivity contribution >= 4 is 6.03 Å². The van der Waals surface area contributed by atoms with Crippen molar-refractivity contribution in [3.05, 3.63) is 53.9 Å². The molecule has 1 aromatic heterocycles. The van der Waals surface area contributed by atoms with Gasteiger partial charge in [-0.05, 0) is 24.5 Å².